The summed E-state index contributed by atoms with van der Waals surface area (Å²) >= 11 is 0. The van der Waals surface area contributed by atoms with Crippen LogP contribution in [0.15, 0.2) is 65.7 Å². The molecule has 432 valence electrons. The molecule has 0 radical (unpaired) electrons. The summed E-state index contributed by atoms with van der Waals surface area (Å²) in [5, 5.41) is 30.2. The average molecular weight is 1090 g/mol. The molecule has 78 heavy (non-hydrogen) atoms. The van der Waals surface area contributed by atoms with Gasteiger partial charge in [0.2, 0.25) is 23.6 Å². The maximum absolute atomic E-state index is 15.3. The molecule has 0 aromatic heterocycles. The van der Waals surface area contributed by atoms with Gasteiger partial charge in [-0.05, 0) is 90.7 Å². The van der Waals surface area contributed by atoms with Gasteiger partial charge in [-0.1, -0.05) is 81.4 Å². The van der Waals surface area contributed by atoms with E-state index in [1.807, 2.05) is 107 Å². The van der Waals surface area contributed by atoms with Crippen molar-refractivity contribution in [1.82, 2.24) is 25.3 Å². The summed E-state index contributed by atoms with van der Waals surface area (Å²) in [6.45, 7) is 16.6. The molecule has 2 aromatic rings. The zero-order valence-electron chi connectivity index (χ0n) is 48.0. The molecule has 0 bridgehead atoms. The number of ketones is 1. The van der Waals surface area contributed by atoms with Gasteiger partial charge >= 0.3 is 0 Å². The van der Waals surface area contributed by atoms with Crippen LogP contribution in [-0.2, 0) is 65.2 Å². The fraction of sp³-hybridized carbons (Fsp3) is 0.695. The normalized spacial score (nSPS) is 37.8. The number of carbonyl (C=O) groups is 5. The van der Waals surface area contributed by atoms with Crippen LogP contribution in [0.1, 0.15) is 112 Å². The number of hydrogen-bond acceptors (Lipinski definition) is 14. The number of likely N-dealkylation sites (N-methyl/N-ethyl adjacent to an activating group) is 2. The Morgan fingerprint density at radius 3 is 2.17 bits per heavy atom. The molecular weight excluding hydrogens is 1000 g/mol. The van der Waals surface area contributed by atoms with Crippen LogP contribution in [0.3, 0.4) is 0 Å². The van der Waals surface area contributed by atoms with Crippen molar-refractivity contribution < 1.29 is 62.6 Å². The molecule has 1 unspecified atom stereocenters. The molecular formula is C59H88N6O13. The van der Waals surface area contributed by atoms with Crippen molar-refractivity contribution in [3.8, 4) is 0 Å². The highest BCUT2D eigenvalue weighted by molar-refractivity contribution is 5.94. The number of rotatable bonds is 10. The lowest BCUT2D eigenvalue weighted by molar-refractivity contribution is -0.313. The Bertz CT molecular complexity index is 2390. The lowest BCUT2D eigenvalue weighted by Crippen LogP contribution is -2.60. The highest BCUT2D eigenvalue weighted by atomic mass is 16.7. The van der Waals surface area contributed by atoms with E-state index in [9.17, 15) is 29.4 Å². The van der Waals surface area contributed by atoms with E-state index in [1.165, 1.54) is 7.11 Å². The molecule has 0 spiro atoms. The first kappa shape index (κ1) is 60.6. The number of benzene rings is 2. The lowest BCUT2D eigenvalue weighted by atomic mass is 9.76. The minimum absolute atomic E-state index is 0.0634. The number of Topliss-reactive ketones (excluding diaryl/α,β-unsaturated/α-hetero) is 1. The topological polar surface area (TPSA) is 227 Å². The van der Waals surface area contributed by atoms with E-state index >= 15 is 4.79 Å². The Morgan fingerprint density at radius 2 is 1.53 bits per heavy atom. The van der Waals surface area contributed by atoms with Crippen molar-refractivity contribution in [3.05, 3.63) is 71.8 Å². The highest BCUT2D eigenvalue weighted by Gasteiger charge is 2.54. The number of nitrogens with zero attached hydrogens (tertiary/aromatic N) is 4. The number of nitrogens with one attached hydrogen (secondary N) is 2. The first-order chi connectivity index (χ1) is 36.9. The van der Waals surface area contributed by atoms with E-state index in [0.29, 0.717) is 31.8 Å². The summed E-state index contributed by atoms with van der Waals surface area (Å²) < 4.78 is 39.6. The zero-order valence-corrected chi connectivity index (χ0v) is 48.0. The van der Waals surface area contributed by atoms with Gasteiger partial charge in [0.05, 0.1) is 48.2 Å². The number of aliphatic imine (C=N–C) groups is 1. The van der Waals surface area contributed by atoms with Crippen molar-refractivity contribution in [1.29, 1.82) is 0 Å². The van der Waals surface area contributed by atoms with Gasteiger partial charge in [-0.3, -0.25) is 24.0 Å². The van der Waals surface area contributed by atoms with Crippen molar-refractivity contribution in [2.75, 3.05) is 40.8 Å². The lowest BCUT2D eigenvalue weighted by Gasteiger charge is -2.48. The number of carbonyl (C=O) groups excluding carboxylic acids is 5. The van der Waals surface area contributed by atoms with Gasteiger partial charge in [-0.15, -0.1) is 0 Å². The van der Waals surface area contributed by atoms with E-state index in [0.717, 1.165) is 11.1 Å². The first-order valence-corrected chi connectivity index (χ1v) is 28.2. The van der Waals surface area contributed by atoms with Gasteiger partial charge in [0.1, 0.15) is 24.0 Å². The van der Waals surface area contributed by atoms with Gasteiger partial charge in [-0.2, -0.15) is 0 Å². The summed E-state index contributed by atoms with van der Waals surface area (Å²) in [5.74, 6) is -5.32. The monoisotopic (exact) mass is 1090 g/mol. The number of amidine groups is 1. The Labute approximate surface area is 461 Å². The van der Waals surface area contributed by atoms with Crippen LogP contribution in [-0.4, -0.2) is 186 Å². The number of fused-ring (bicyclic) bond motifs is 2. The maximum Gasteiger partial charge on any atom is 0.288 e. The van der Waals surface area contributed by atoms with E-state index in [-0.39, 0.29) is 74.4 Å². The Morgan fingerprint density at radius 1 is 0.872 bits per heavy atom. The van der Waals surface area contributed by atoms with Gasteiger partial charge in [-0.25, -0.2) is 4.99 Å². The van der Waals surface area contributed by atoms with Crippen LogP contribution in [0.5, 0.6) is 0 Å². The molecule has 19 nitrogen and oxygen atoms in total. The summed E-state index contributed by atoms with van der Waals surface area (Å²) in [6, 6.07) is 16.9. The minimum atomic E-state index is -1.71. The van der Waals surface area contributed by atoms with Crippen LogP contribution in [0, 0.1) is 23.7 Å². The minimum Gasteiger partial charge on any atom is -0.454 e. The average Bonchev–Trinajstić information content (AvgIpc) is 4.11. The van der Waals surface area contributed by atoms with E-state index in [4.69, 9.17) is 33.4 Å². The van der Waals surface area contributed by atoms with Crippen LogP contribution >= 0.6 is 0 Å². The molecule has 4 N–H and O–H groups in total. The fourth-order valence-electron chi connectivity index (χ4n) is 12.5. The quantitative estimate of drug-likeness (QED) is 0.258. The van der Waals surface area contributed by atoms with Gasteiger partial charge in [0.25, 0.3) is 6.02 Å². The number of aliphatic hydroxyl groups excluding tert-OH is 1. The standard InChI is InChI=1S/C59H88N6O13/c1-34(2)61-57-64(11)45-26-36(4)74-56(50(45)77-57)78-52-38(6)49(76-48-31-59(9,73-12)51(68)39(7)75-48)37(5)46(66)29-42(27-40-20-15-13-16-21-40)53(69)60-32-47(67)62-43(28-41-22-17-14-18-23-41)54(70)65-25-19-24-44(65)55(71)63(10)33-35(3)30-58(52,8)72/h13-18,20-23,34-39,42-45,48-52,56,68,72H,19,24-33H2,1-12H3,(H,60,69)(H,62,67)/t35-,36-,37+,38+,39+,42-,43+,44+,45+,48+,49?,50-,51+,52-,56+,58-,59-/m1/s1. The SMILES string of the molecule is CO[C@]1(C)C[C@H](OC2[C@@H](C)C(=O)C[C@@H](Cc3ccccc3)C(=O)NCC(=O)N[C@@H](Cc3ccccc3)C(=O)N3CCC[C@H]3C(=O)N(C)C[C@H](C)C[C@@](C)(O)[C@H](O[C@@H]3O[C@H](C)C[C@H]4[C@H]3OC(=NC(C)C)N4C)[C@H]2C)O[C@@H](C)[C@@H]1O. The highest BCUT2D eigenvalue weighted by Crippen LogP contribution is 2.41. The number of hydrogen-bond donors (Lipinski definition) is 4. The third-order valence-corrected chi connectivity index (χ3v) is 16.7. The molecule has 0 aliphatic carbocycles. The van der Waals surface area contributed by atoms with Crippen LogP contribution < -0.4 is 10.6 Å². The first-order valence-electron chi connectivity index (χ1n) is 28.2. The molecule has 7 rings (SSSR count). The second kappa shape index (κ2) is 26.1. The van der Waals surface area contributed by atoms with Gasteiger partial charge in [0.15, 0.2) is 18.7 Å². The molecule has 5 saturated heterocycles. The Balaban J connectivity index is 1.30. The third-order valence-electron chi connectivity index (χ3n) is 16.7. The fourth-order valence-corrected chi connectivity index (χ4v) is 12.5. The molecule has 4 amide bonds. The summed E-state index contributed by atoms with van der Waals surface area (Å²) in [5.41, 5.74) is -1.22. The van der Waals surface area contributed by atoms with Gasteiger partial charge in [0, 0.05) is 77.4 Å². The zero-order chi connectivity index (χ0) is 56.8. The smallest absolute Gasteiger partial charge is 0.288 e. The van der Waals surface area contributed by atoms with Crippen molar-refractivity contribution in [2.24, 2.45) is 28.7 Å². The molecule has 2 aromatic carbocycles. The molecule has 0 saturated carbocycles. The van der Waals surface area contributed by atoms with Gasteiger partial charge < -0.3 is 64.0 Å². The van der Waals surface area contributed by atoms with Crippen molar-refractivity contribution in [3.63, 3.8) is 0 Å². The largest absolute Gasteiger partial charge is 0.454 e. The maximum atomic E-state index is 15.3. The summed E-state index contributed by atoms with van der Waals surface area (Å²) in [4.78, 5) is 82.9. The Kier molecular flexibility index (Phi) is 20.2. The van der Waals surface area contributed by atoms with E-state index < -0.39 is 108 Å². The summed E-state index contributed by atoms with van der Waals surface area (Å²) in [6.07, 6.45) is -5.13. The van der Waals surface area contributed by atoms with Crippen molar-refractivity contribution >= 4 is 35.4 Å². The molecule has 17 atom stereocenters. The third kappa shape index (κ3) is 14.5. The second-order valence-corrected chi connectivity index (χ2v) is 23.7. The van der Waals surface area contributed by atoms with Crippen LogP contribution in [0.25, 0.3) is 0 Å². The van der Waals surface area contributed by atoms with E-state index in [1.54, 1.807) is 44.5 Å². The van der Waals surface area contributed by atoms with E-state index in [2.05, 4.69) is 10.6 Å². The molecule has 5 aliphatic rings. The second-order valence-electron chi connectivity index (χ2n) is 23.7. The molecule has 5 heterocycles. The summed E-state index contributed by atoms with van der Waals surface area (Å²) in [7, 11) is 5.13. The van der Waals surface area contributed by atoms with Crippen molar-refractivity contribution in [2.45, 2.75) is 198 Å². The number of methoxy groups -OCH3 is 1. The Hall–Kier alpha value is -5.02. The molecule has 19 heteroatoms. The molecule has 5 aliphatic heterocycles. The van der Waals surface area contributed by atoms with Crippen LogP contribution in [0.4, 0.5) is 0 Å². The number of amides is 4. The predicted molar refractivity (Wildman–Crippen MR) is 292 cm³/mol. The predicted octanol–water partition coefficient (Wildman–Crippen LogP) is 4.43. The number of aliphatic hydroxyl groups is 2. The number of ether oxygens (including phenoxy) is 6. The van der Waals surface area contributed by atoms with Crippen LogP contribution in [0.2, 0.25) is 0 Å². The molecule has 5 fully saturated rings.